The molecule has 0 spiro atoms. The molecule has 0 aromatic heterocycles. The van der Waals surface area contributed by atoms with Crippen molar-refractivity contribution in [2.45, 2.75) is 44.9 Å². The fourth-order valence-electron chi connectivity index (χ4n) is 2.59. The van der Waals surface area contributed by atoms with Crippen molar-refractivity contribution in [2.75, 3.05) is 20.3 Å². The Hall–Kier alpha value is -1.30. The molecule has 110 valence electrons. The maximum absolute atomic E-state index is 12.3. The predicted octanol–water partition coefficient (Wildman–Crippen LogP) is 1.23. The van der Waals surface area contributed by atoms with Crippen LogP contribution < -0.4 is 11.1 Å². The molecule has 1 aliphatic rings. The Morgan fingerprint density at radius 3 is 2.63 bits per heavy atom. The number of carbonyl (C=O) groups is 1. The molecule has 0 aromatic rings. The van der Waals surface area contributed by atoms with Gasteiger partial charge in [0.25, 0.3) is 0 Å². The van der Waals surface area contributed by atoms with E-state index in [2.05, 4.69) is 10.5 Å². The average Bonchev–Trinajstić information content (AvgIpc) is 2.46. The lowest BCUT2D eigenvalue weighted by atomic mass is 9.72. The van der Waals surface area contributed by atoms with E-state index in [0.717, 1.165) is 32.1 Å². The summed E-state index contributed by atoms with van der Waals surface area (Å²) in [5, 5.41) is 14.9. The number of unbranched alkanes of at least 4 members (excludes halogenated alkanes) is 1. The molecule has 1 saturated carbocycles. The number of rotatable bonds is 7. The number of hydrogen-bond donors (Lipinski definition) is 3. The topological polar surface area (TPSA) is 96.9 Å². The molecule has 1 aliphatic carbocycles. The fourth-order valence-corrected chi connectivity index (χ4v) is 2.59. The summed E-state index contributed by atoms with van der Waals surface area (Å²) in [6, 6.07) is 0. The number of oxime groups is 1. The van der Waals surface area contributed by atoms with Gasteiger partial charge in [0.1, 0.15) is 5.41 Å². The zero-order chi connectivity index (χ0) is 14.1. The van der Waals surface area contributed by atoms with Crippen molar-refractivity contribution in [3.05, 3.63) is 0 Å². The van der Waals surface area contributed by atoms with E-state index in [1.165, 1.54) is 0 Å². The van der Waals surface area contributed by atoms with Crippen LogP contribution in [-0.4, -0.2) is 37.2 Å². The molecule has 0 bridgehead atoms. The summed E-state index contributed by atoms with van der Waals surface area (Å²) in [6.45, 7) is 1.30. The van der Waals surface area contributed by atoms with E-state index < -0.39 is 5.41 Å². The molecule has 19 heavy (non-hydrogen) atoms. The van der Waals surface area contributed by atoms with Crippen LogP contribution in [0.25, 0.3) is 0 Å². The molecule has 0 saturated heterocycles. The molecule has 6 heteroatoms. The zero-order valence-corrected chi connectivity index (χ0v) is 11.7. The van der Waals surface area contributed by atoms with Gasteiger partial charge in [-0.05, 0) is 25.7 Å². The Balaban J connectivity index is 2.53. The van der Waals surface area contributed by atoms with Gasteiger partial charge in [-0.15, -0.1) is 0 Å². The Morgan fingerprint density at radius 2 is 2.05 bits per heavy atom. The minimum Gasteiger partial charge on any atom is -0.409 e. The highest BCUT2D eigenvalue weighted by molar-refractivity contribution is 6.06. The van der Waals surface area contributed by atoms with Crippen molar-refractivity contribution in [1.82, 2.24) is 5.32 Å². The molecular formula is C13H25N3O3. The van der Waals surface area contributed by atoms with Crippen LogP contribution in [-0.2, 0) is 9.53 Å². The molecule has 6 nitrogen and oxygen atoms in total. The minimum atomic E-state index is -0.811. The van der Waals surface area contributed by atoms with Crippen LogP contribution in [0.5, 0.6) is 0 Å². The summed E-state index contributed by atoms with van der Waals surface area (Å²) in [4.78, 5) is 12.3. The van der Waals surface area contributed by atoms with E-state index in [-0.39, 0.29) is 11.7 Å². The summed E-state index contributed by atoms with van der Waals surface area (Å²) >= 11 is 0. The highest BCUT2D eigenvalue weighted by Gasteiger charge is 2.43. The molecular weight excluding hydrogens is 246 g/mol. The summed E-state index contributed by atoms with van der Waals surface area (Å²) in [5.74, 6) is -0.0680. The number of nitrogens with two attached hydrogens (primary N) is 1. The molecule has 0 unspecified atom stereocenters. The molecule has 1 amide bonds. The summed E-state index contributed by atoms with van der Waals surface area (Å²) in [7, 11) is 1.66. The van der Waals surface area contributed by atoms with Gasteiger partial charge in [-0.2, -0.15) is 0 Å². The van der Waals surface area contributed by atoms with E-state index in [1.807, 2.05) is 0 Å². The van der Waals surface area contributed by atoms with Crippen molar-refractivity contribution in [1.29, 1.82) is 0 Å². The first-order valence-electron chi connectivity index (χ1n) is 6.92. The van der Waals surface area contributed by atoms with Crippen LogP contribution in [0.4, 0.5) is 0 Å². The van der Waals surface area contributed by atoms with Crippen LogP contribution >= 0.6 is 0 Å². The van der Waals surface area contributed by atoms with Gasteiger partial charge in [0.2, 0.25) is 5.91 Å². The maximum atomic E-state index is 12.3. The Labute approximate surface area is 114 Å². The number of amides is 1. The van der Waals surface area contributed by atoms with Gasteiger partial charge in [0, 0.05) is 20.3 Å². The normalized spacial score (nSPS) is 19.1. The van der Waals surface area contributed by atoms with E-state index >= 15 is 0 Å². The minimum absolute atomic E-state index is 0.0431. The maximum Gasteiger partial charge on any atom is 0.233 e. The second-order valence-electron chi connectivity index (χ2n) is 5.08. The van der Waals surface area contributed by atoms with Crippen LogP contribution in [0.1, 0.15) is 44.9 Å². The first-order valence-corrected chi connectivity index (χ1v) is 6.92. The molecule has 4 N–H and O–H groups in total. The molecule has 0 radical (unpaired) electrons. The fraction of sp³-hybridized carbons (Fsp3) is 0.846. The Kier molecular flexibility index (Phi) is 6.62. The average molecular weight is 271 g/mol. The first kappa shape index (κ1) is 15.8. The summed E-state index contributed by atoms with van der Waals surface area (Å²) < 4.78 is 4.96. The second-order valence-corrected chi connectivity index (χ2v) is 5.08. The Bertz CT molecular complexity index is 312. The molecule has 0 aliphatic heterocycles. The van der Waals surface area contributed by atoms with Gasteiger partial charge >= 0.3 is 0 Å². The third-order valence-electron chi connectivity index (χ3n) is 3.80. The van der Waals surface area contributed by atoms with Gasteiger partial charge in [-0.1, -0.05) is 24.4 Å². The van der Waals surface area contributed by atoms with Gasteiger partial charge in [-0.3, -0.25) is 4.79 Å². The highest BCUT2D eigenvalue weighted by Crippen LogP contribution is 2.36. The van der Waals surface area contributed by atoms with Gasteiger partial charge in [-0.25, -0.2) is 0 Å². The van der Waals surface area contributed by atoms with Gasteiger partial charge in [0.15, 0.2) is 5.84 Å². The third kappa shape index (κ3) is 4.09. The van der Waals surface area contributed by atoms with Crippen molar-refractivity contribution in [2.24, 2.45) is 16.3 Å². The third-order valence-corrected chi connectivity index (χ3v) is 3.80. The van der Waals surface area contributed by atoms with Gasteiger partial charge < -0.3 is 21.0 Å². The van der Waals surface area contributed by atoms with Crippen molar-refractivity contribution >= 4 is 11.7 Å². The lowest BCUT2D eigenvalue weighted by molar-refractivity contribution is -0.129. The molecule has 1 rings (SSSR count). The van der Waals surface area contributed by atoms with Crippen LogP contribution in [0.15, 0.2) is 5.16 Å². The van der Waals surface area contributed by atoms with E-state index in [9.17, 15) is 4.79 Å². The second kappa shape index (κ2) is 7.99. The van der Waals surface area contributed by atoms with Crippen molar-refractivity contribution in [3.8, 4) is 0 Å². The van der Waals surface area contributed by atoms with E-state index in [1.54, 1.807) is 7.11 Å². The number of carbonyl (C=O) groups excluding carboxylic acids is 1. The van der Waals surface area contributed by atoms with Crippen LogP contribution in [0.2, 0.25) is 0 Å². The first-order chi connectivity index (χ1) is 9.17. The largest absolute Gasteiger partial charge is 0.409 e. The number of nitrogens with one attached hydrogen (secondary N) is 1. The number of hydrogen-bond acceptors (Lipinski definition) is 4. The molecule has 0 aromatic carbocycles. The number of amidine groups is 1. The smallest absolute Gasteiger partial charge is 0.233 e. The van der Waals surface area contributed by atoms with Crippen LogP contribution in [0.3, 0.4) is 0 Å². The lowest BCUT2D eigenvalue weighted by Gasteiger charge is -2.34. The standard InChI is InChI=1S/C13H25N3O3/c1-19-10-6-5-9-15-12(17)13(11(14)16-18)7-3-2-4-8-13/h18H,2-10H2,1H3,(H2,14,16)(H,15,17). The SMILES string of the molecule is COCCCCNC(=O)C1(C(N)=NO)CCCCC1. The number of ether oxygens (including phenoxy) is 1. The molecule has 1 fully saturated rings. The number of methoxy groups -OCH3 is 1. The zero-order valence-electron chi connectivity index (χ0n) is 11.7. The summed E-state index contributed by atoms with van der Waals surface area (Å²) in [5.41, 5.74) is 4.94. The van der Waals surface area contributed by atoms with E-state index in [0.29, 0.717) is 26.0 Å². The Morgan fingerprint density at radius 1 is 1.37 bits per heavy atom. The van der Waals surface area contributed by atoms with Gasteiger partial charge in [0.05, 0.1) is 0 Å². The highest BCUT2D eigenvalue weighted by atomic mass is 16.5. The number of nitrogens with zero attached hydrogens (tertiary/aromatic N) is 1. The lowest BCUT2D eigenvalue weighted by Crippen LogP contribution is -2.51. The quantitative estimate of drug-likeness (QED) is 0.213. The molecule has 0 atom stereocenters. The van der Waals surface area contributed by atoms with Crippen molar-refractivity contribution < 1.29 is 14.7 Å². The molecule has 0 heterocycles. The monoisotopic (exact) mass is 271 g/mol. The van der Waals surface area contributed by atoms with Crippen molar-refractivity contribution in [3.63, 3.8) is 0 Å². The predicted molar refractivity (Wildman–Crippen MR) is 73.0 cm³/mol. The van der Waals surface area contributed by atoms with E-state index in [4.69, 9.17) is 15.7 Å². The summed E-state index contributed by atoms with van der Waals surface area (Å²) in [6.07, 6.45) is 6.07. The van der Waals surface area contributed by atoms with Crippen LogP contribution in [0, 0.1) is 5.41 Å².